The smallest absolute Gasteiger partial charge is 0.244 e. The Morgan fingerprint density at radius 3 is 2.08 bits per heavy atom. The van der Waals surface area contributed by atoms with E-state index in [1.807, 2.05) is 0 Å². The molecule has 0 heterocycles. The number of hydrogen-bond donors (Lipinski definition) is 1. The van der Waals surface area contributed by atoms with Crippen molar-refractivity contribution in [2.45, 2.75) is 6.42 Å². The number of carbonyl (C=O) groups excluding carboxylic acids is 1. The molecule has 72 valence electrons. The topological polar surface area (TPSA) is 43.1 Å². The molecule has 0 unspecified atom stereocenters. The van der Waals surface area contributed by atoms with Gasteiger partial charge < -0.3 is 22.6 Å². The van der Waals surface area contributed by atoms with Gasteiger partial charge in [-0.1, -0.05) is 6.58 Å². The molecule has 0 fully saturated rings. The highest BCUT2D eigenvalue weighted by Crippen LogP contribution is 2.01. The van der Waals surface area contributed by atoms with Gasteiger partial charge in [-0.05, 0) is 0 Å². The lowest BCUT2D eigenvalue weighted by molar-refractivity contribution is -0.870. The number of quaternary nitrogens is 1. The van der Waals surface area contributed by atoms with Crippen LogP contribution in [0.3, 0.4) is 0 Å². The highest BCUT2D eigenvalue weighted by molar-refractivity contribution is 5.91. The van der Waals surface area contributed by atoms with Crippen LogP contribution in [-0.4, -0.2) is 38.1 Å². The number of nitrogens with zero attached hydrogens (tertiary/aromatic N) is 1. The average molecular weight is 193 g/mol. The zero-order valence-corrected chi connectivity index (χ0v) is 8.69. The van der Waals surface area contributed by atoms with Crippen LogP contribution in [0.15, 0.2) is 12.2 Å². The lowest BCUT2D eigenvalue weighted by Gasteiger charge is -2.23. The summed E-state index contributed by atoms with van der Waals surface area (Å²) in [5.74, 6) is -0.390. The van der Waals surface area contributed by atoms with Crippen LogP contribution in [-0.2, 0) is 4.79 Å². The average Bonchev–Trinajstić information content (AvgIpc) is 1.80. The number of nitrogens with two attached hydrogens (primary N) is 1. The minimum absolute atomic E-state index is 0. The summed E-state index contributed by atoms with van der Waals surface area (Å²) in [5, 5.41) is 0. The molecule has 0 bridgehead atoms. The summed E-state index contributed by atoms with van der Waals surface area (Å²) < 4.78 is 0.826. The second-order valence-electron chi connectivity index (χ2n) is 3.73. The third kappa shape index (κ3) is 7.57. The van der Waals surface area contributed by atoms with Crippen molar-refractivity contribution in [3.8, 4) is 0 Å². The molecule has 0 aliphatic carbocycles. The number of hydrogen-bond acceptors (Lipinski definition) is 1. The van der Waals surface area contributed by atoms with Crippen LogP contribution in [0.5, 0.6) is 0 Å². The van der Waals surface area contributed by atoms with E-state index in [0.29, 0.717) is 12.0 Å². The Kier molecular flexibility index (Phi) is 6.03. The zero-order valence-electron chi connectivity index (χ0n) is 7.93. The normalized spacial score (nSPS) is 10.2. The second-order valence-corrected chi connectivity index (χ2v) is 3.73. The van der Waals surface area contributed by atoms with E-state index < -0.39 is 5.91 Å². The summed E-state index contributed by atoms with van der Waals surface area (Å²) in [5.41, 5.74) is 5.53. The van der Waals surface area contributed by atoms with Crippen LogP contribution in [0.25, 0.3) is 0 Å². The molecule has 1 amide bonds. The Labute approximate surface area is 80.2 Å². The predicted molar refractivity (Wildman–Crippen MR) is 45.9 cm³/mol. The molecule has 0 saturated heterocycles. The van der Waals surface area contributed by atoms with Crippen LogP contribution >= 0.6 is 0 Å². The van der Waals surface area contributed by atoms with Crippen molar-refractivity contribution in [3.63, 3.8) is 0 Å². The molecule has 0 aromatic carbocycles. The number of primary amides is 1. The molecular formula is C8H17ClN2O. The van der Waals surface area contributed by atoms with Gasteiger partial charge in [0.05, 0.1) is 27.7 Å². The molecule has 0 atom stereocenters. The molecule has 0 radical (unpaired) electrons. The van der Waals surface area contributed by atoms with E-state index in [1.54, 1.807) is 0 Å². The van der Waals surface area contributed by atoms with E-state index in [2.05, 4.69) is 27.7 Å². The monoisotopic (exact) mass is 192 g/mol. The molecule has 0 spiro atoms. The van der Waals surface area contributed by atoms with Crippen molar-refractivity contribution in [3.05, 3.63) is 12.2 Å². The van der Waals surface area contributed by atoms with Gasteiger partial charge in [-0.15, -0.1) is 0 Å². The van der Waals surface area contributed by atoms with Crippen molar-refractivity contribution in [2.24, 2.45) is 5.73 Å². The highest BCUT2D eigenvalue weighted by atomic mass is 35.5. The predicted octanol–water partition coefficient (Wildman–Crippen LogP) is -2.87. The molecule has 0 aliphatic rings. The van der Waals surface area contributed by atoms with E-state index in [-0.39, 0.29) is 12.4 Å². The number of rotatable bonds is 4. The molecule has 3 nitrogen and oxygen atoms in total. The van der Waals surface area contributed by atoms with Gasteiger partial charge in [0.2, 0.25) is 5.91 Å². The number of carbonyl (C=O) groups is 1. The van der Waals surface area contributed by atoms with Crippen molar-refractivity contribution in [2.75, 3.05) is 27.7 Å². The lowest BCUT2D eigenvalue weighted by atomic mass is 10.2. The van der Waals surface area contributed by atoms with Gasteiger partial charge in [0.1, 0.15) is 0 Å². The fourth-order valence-electron chi connectivity index (χ4n) is 0.594. The Bertz CT molecular complexity index is 172. The van der Waals surface area contributed by atoms with Crippen LogP contribution in [0.1, 0.15) is 6.42 Å². The first-order valence-electron chi connectivity index (χ1n) is 3.61. The lowest BCUT2D eigenvalue weighted by Crippen LogP contribution is -3.00. The SMILES string of the molecule is C=C(CC[N+](C)(C)C)C(N)=O.[Cl-]. The third-order valence-corrected chi connectivity index (χ3v) is 1.43. The summed E-state index contributed by atoms with van der Waals surface area (Å²) in [6, 6.07) is 0. The molecule has 0 aliphatic heterocycles. The molecule has 4 heteroatoms. The van der Waals surface area contributed by atoms with Crippen LogP contribution < -0.4 is 18.1 Å². The van der Waals surface area contributed by atoms with E-state index in [0.717, 1.165) is 11.0 Å². The van der Waals surface area contributed by atoms with Crippen molar-refractivity contribution < 1.29 is 21.7 Å². The summed E-state index contributed by atoms with van der Waals surface area (Å²) >= 11 is 0. The Balaban J connectivity index is 0. The number of halogens is 1. The Morgan fingerprint density at radius 1 is 1.42 bits per heavy atom. The largest absolute Gasteiger partial charge is 1.00 e. The quantitative estimate of drug-likeness (QED) is 0.378. The molecule has 0 saturated carbocycles. The van der Waals surface area contributed by atoms with Crippen LogP contribution in [0.4, 0.5) is 0 Å². The molecule has 0 aromatic rings. The minimum atomic E-state index is -0.390. The first-order chi connectivity index (χ1) is 4.83. The van der Waals surface area contributed by atoms with Crippen molar-refractivity contribution >= 4 is 5.91 Å². The van der Waals surface area contributed by atoms with E-state index in [1.165, 1.54) is 0 Å². The molecular weight excluding hydrogens is 176 g/mol. The molecule has 2 N–H and O–H groups in total. The molecule has 0 rings (SSSR count). The fraction of sp³-hybridized carbons (Fsp3) is 0.625. The summed E-state index contributed by atoms with van der Waals surface area (Å²) in [7, 11) is 6.19. The third-order valence-electron chi connectivity index (χ3n) is 1.43. The van der Waals surface area contributed by atoms with E-state index in [4.69, 9.17) is 5.73 Å². The Morgan fingerprint density at radius 2 is 1.83 bits per heavy atom. The minimum Gasteiger partial charge on any atom is -1.00 e. The van der Waals surface area contributed by atoms with Gasteiger partial charge in [0.15, 0.2) is 0 Å². The first-order valence-corrected chi connectivity index (χ1v) is 3.61. The standard InChI is InChI=1S/C8H16N2O.ClH/c1-7(8(9)11)5-6-10(2,3)4;/h1,5-6H2,2-4H3,(H-,9,11);1H. The summed E-state index contributed by atoms with van der Waals surface area (Å²) in [6.07, 6.45) is 0.679. The summed E-state index contributed by atoms with van der Waals surface area (Å²) in [6.45, 7) is 4.46. The van der Waals surface area contributed by atoms with Crippen LogP contribution in [0.2, 0.25) is 0 Å². The molecule has 0 aromatic heterocycles. The first kappa shape index (κ1) is 14.0. The van der Waals surface area contributed by atoms with Gasteiger partial charge in [-0.3, -0.25) is 4.79 Å². The molecule has 12 heavy (non-hydrogen) atoms. The summed E-state index contributed by atoms with van der Waals surface area (Å²) in [4.78, 5) is 10.5. The van der Waals surface area contributed by atoms with Gasteiger partial charge in [-0.25, -0.2) is 0 Å². The van der Waals surface area contributed by atoms with Crippen molar-refractivity contribution in [1.29, 1.82) is 0 Å². The van der Waals surface area contributed by atoms with Crippen molar-refractivity contribution in [1.82, 2.24) is 0 Å². The van der Waals surface area contributed by atoms with Gasteiger partial charge >= 0.3 is 0 Å². The second kappa shape index (κ2) is 5.17. The fourth-order valence-corrected chi connectivity index (χ4v) is 0.594. The van der Waals surface area contributed by atoms with E-state index >= 15 is 0 Å². The zero-order chi connectivity index (χ0) is 9.07. The van der Waals surface area contributed by atoms with E-state index in [9.17, 15) is 4.79 Å². The van der Waals surface area contributed by atoms with Crippen LogP contribution in [0, 0.1) is 0 Å². The van der Waals surface area contributed by atoms with Gasteiger partial charge in [-0.2, -0.15) is 0 Å². The maximum Gasteiger partial charge on any atom is 0.244 e. The van der Waals surface area contributed by atoms with Gasteiger partial charge in [0.25, 0.3) is 0 Å². The highest BCUT2D eigenvalue weighted by Gasteiger charge is 2.09. The maximum absolute atomic E-state index is 10.5. The van der Waals surface area contributed by atoms with Gasteiger partial charge in [0, 0.05) is 12.0 Å². The maximum atomic E-state index is 10.5. The Hall–Kier alpha value is -0.540. The number of amides is 1.